The van der Waals surface area contributed by atoms with Gasteiger partial charge in [0.1, 0.15) is 6.04 Å². The molecule has 0 bridgehead atoms. The lowest BCUT2D eigenvalue weighted by Gasteiger charge is -2.41. The average molecular weight is 644 g/mol. The number of anilines is 2. The van der Waals surface area contributed by atoms with E-state index in [9.17, 15) is 19.2 Å². The molecule has 4 heterocycles. The van der Waals surface area contributed by atoms with Crippen molar-refractivity contribution in [2.24, 2.45) is 0 Å². The molecule has 0 radical (unpaired) electrons. The van der Waals surface area contributed by atoms with Gasteiger partial charge in [-0.2, -0.15) is 0 Å². The van der Waals surface area contributed by atoms with Crippen LogP contribution in [0.15, 0.2) is 42.5 Å². The Kier molecular flexibility index (Phi) is 10.3. The van der Waals surface area contributed by atoms with Crippen LogP contribution in [0, 0.1) is 13.8 Å². The topological polar surface area (TPSA) is 117 Å². The van der Waals surface area contributed by atoms with Gasteiger partial charge in [0.15, 0.2) is 0 Å². The quantitative estimate of drug-likeness (QED) is 0.405. The van der Waals surface area contributed by atoms with Gasteiger partial charge in [-0.3, -0.25) is 9.59 Å². The molecule has 252 valence electrons. The van der Waals surface area contributed by atoms with E-state index in [0.29, 0.717) is 57.3 Å². The Balaban J connectivity index is 1.08. The first kappa shape index (κ1) is 32.8. The first-order valence-electron chi connectivity index (χ1n) is 17.4. The van der Waals surface area contributed by atoms with Crippen molar-refractivity contribution in [1.29, 1.82) is 0 Å². The molecule has 0 saturated carbocycles. The van der Waals surface area contributed by atoms with Gasteiger partial charge in [-0.15, -0.1) is 0 Å². The van der Waals surface area contributed by atoms with Gasteiger partial charge in [0.2, 0.25) is 11.8 Å². The monoisotopic (exact) mass is 643 g/mol. The second-order valence-electron chi connectivity index (χ2n) is 13.6. The number of piperidine rings is 3. The maximum absolute atomic E-state index is 14.0. The van der Waals surface area contributed by atoms with Crippen molar-refractivity contribution >= 4 is 35.3 Å². The van der Waals surface area contributed by atoms with E-state index in [1.807, 2.05) is 66.1 Å². The van der Waals surface area contributed by atoms with Crippen molar-refractivity contribution in [2.75, 3.05) is 49.9 Å². The second-order valence-corrected chi connectivity index (χ2v) is 13.6. The fourth-order valence-corrected chi connectivity index (χ4v) is 7.61. The second kappa shape index (κ2) is 14.8. The summed E-state index contributed by atoms with van der Waals surface area (Å²) < 4.78 is 0. The normalized spacial score (nSPS) is 20.3. The highest BCUT2D eigenvalue weighted by Crippen LogP contribution is 2.28. The predicted molar refractivity (Wildman–Crippen MR) is 182 cm³/mol. The van der Waals surface area contributed by atoms with E-state index in [-0.39, 0.29) is 30.3 Å². The van der Waals surface area contributed by atoms with Gasteiger partial charge < -0.3 is 35.6 Å². The summed E-state index contributed by atoms with van der Waals surface area (Å²) in [4.78, 5) is 61.8. The van der Waals surface area contributed by atoms with E-state index in [0.717, 1.165) is 48.3 Å². The van der Waals surface area contributed by atoms with Crippen LogP contribution >= 0.6 is 0 Å². The summed E-state index contributed by atoms with van der Waals surface area (Å²) >= 11 is 0. The molecule has 0 aromatic heterocycles. The first-order chi connectivity index (χ1) is 22.8. The summed E-state index contributed by atoms with van der Waals surface area (Å²) in [5.74, 6) is -0.365. The zero-order valence-corrected chi connectivity index (χ0v) is 27.8. The van der Waals surface area contributed by atoms with Crippen LogP contribution in [0.1, 0.15) is 68.1 Å². The van der Waals surface area contributed by atoms with Crippen LogP contribution in [0.4, 0.5) is 21.0 Å². The molecular formula is C36H49N7O4. The van der Waals surface area contributed by atoms with Gasteiger partial charge >= 0.3 is 12.1 Å². The third-order valence-corrected chi connectivity index (χ3v) is 10.6. The Morgan fingerprint density at radius 2 is 1.51 bits per heavy atom. The van der Waals surface area contributed by atoms with Crippen molar-refractivity contribution in [3.8, 4) is 0 Å². The zero-order chi connectivity index (χ0) is 32.9. The van der Waals surface area contributed by atoms with E-state index >= 15 is 0 Å². The van der Waals surface area contributed by atoms with Crippen molar-refractivity contribution < 1.29 is 19.2 Å². The number of urea groups is 2. The smallest absolute Gasteiger partial charge is 0.322 e. The molecule has 11 nitrogen and oxygen atoms in total. The van der Waals surface area contributed by atoms with Crippen LogP contribution in [0.3, 0.4) is 0 Å². The number of carbonyl (C=O) groups is 4. The number of hydrogen-bond acceptors (Lipinski definition) is 5. The maximum atomic E-state index is 14.0. The summed E-state index contributed by atoms with van der Waals surface area (Å²) in [5, 5.41) is 8.76. The highest BCUT2D eigenvalue weighted by atomic mass is 16.2. The predicted octanol–water partition coefficient (Wildman–Crippen LogP) is 4.70. The van der Waals surface area contributed by atoms with Gasteiger partial charge in [0, 0.05) is 56.2 Å². The molecule has 4 aliphatic rings. The summed E-state index contributed by atoms with van der Waals surface area (Å²) in [6, 6.07) is 12.4. The molecule has 2 aromatic carbocycles. The Morgan fingerprint density at radius 1 is 0.830 bits per heavy atom. The molecule has 1 unspecified atom stereocenters. The third-order valence-electron chi connectivity index (χ3n) is 10.6. The van der Waals surface area contributed by atoms with E-state index in [2.05, 4.69) is 20.9 Å². The van der Waals surface area contributed by atoms with Crippen LogP contribution in [0.5, 0.6) is 0 Å². The molecule has 3 fully saturated rings. The number of rotatable bonds is 7. The van der Waals surface area contributed by atoms with Crippen molar-refractivity contribution in [3.05, 3.63) is 59.2 Å². The van der Waals surface area contributed by atoms with Crippen LogP contribution in [0.2, 0.25) is 0 Å². The maximum Gasteiger partial charge on any atom is 0.322 e. The standard InChI is InChI=1S/C36H49N7O4/c1-25-9-8-12-30(26(25)2)37-35(46)38-32(34(45)42-21-13-28(14-22-42)40-17-6-3-7-18-40)23-33(44)41-19-15-29(16-20-41)43-24-27-10-4-5-11-31(27)39-36(43)47/h4-5,8-12,28-29,32H,3,6-7,13-24H2,1-2H3,(H,39,47)(H2,37,38,46). The molecule has 3 N–H and O–H groups in total. The zero-order valence-electron chi connectivity index (χ0n) is 27.8. The molecule has 4 aliphatic heterocycles. The number of likely N-dealkylation sites (tertiary alicyclic amines) is 3. The molecule has 6 amide bonds. The van der Waals surface area contributed by atoms with Crippen molar-refractivity contribution in [1.82, 2.24) is 24.9 Å². The molecule has 1 atom stereocenters. The molecule has 6 rings (SSSR count). The summed E-state index contributed by atoms with van der Waals surface area (Å²) in [7, 11) is 0. The van der Waals surface area contributed by atoms with Crippen LogP contribution in [-0.4, -0.2) is 101 Å². The number of amides is 6. The lowest BCUT2D eigenvalue weighted by atomic mass is 9.98. The number of nitrogens with one attached hydrogen (secondary N) is 3. The van der Waals surface area contributed by atoms with Gasteiger partial charge in [-0.25, -0.2) is 9.59 Å². The lowest BCUT2D eigenvalue weighted by Crippen LogP contribution is -2.56. The number of nitrogens with zero attached hydrogens (tertiary/aromatic N) is 4. The molecule has 2 aromatic rings. The third kappa shape index (κ3) is 7.72. The molecular weight excluding hydrogens is 594 g/mol. The van der Waals surface area contributed by atoms with E-state index < -0.39 is 12.1 Å². The number of aryl methyl sites for hydroxylation is 1. The van der Waals surface area contributed by atoms with Gasteiger partial charge in [0.25, 0.3) is 0 Å². The Hall–Kier alpha value is -4.12. The average Bonchev–Trinajstić information content (AvgIpc) is 3.10. The number of benzene rings is 2. The summed E-state index contributed by atoms with van der Waals surface area (Å²) in [5.41, 5.74) is 4.61. The van der Waals surface area contributed by atoms with Crippen molar-refractivity contribution in [3.63, 3.8) is 0 Å². The summed E-state index contributed by atoms with van der Waals surface area (Å²) in [6.45, 7) is 8.96. The van der Waals surface area contributed by atoms with Crippen LogP contribution in [0.25, 0.3) is 0 Å². The highest BCUT2D eigenvalue weighted by molar-refractivity contribution is 5.96. The van der Waals surface area contributed by atoms with Gasteiger partial charge in [-0.1, -0.05) is 36.8 Å². The minimum absolute atomic E-state index is 0.0208. The molecule has 11 heteroatoms. The number of hydrogen-bond donors (Lipinski definition) is 3. The molecule has 0 aliphatic carbocycles. The first-order valence-corrected chi connectivity index (χ1v) is 17.4. The SMILES string of the molecule is Cc1cccc(NC(=O)NC(CC(=O)N2CCC(N3Cc4ccccc4NC3=O)CC2)C(=O)N2CCC(N3CCCCC3)CC2)c1C. The number of fused-ring (bicyclic) bond motifs is 1. The Morgan fingerprint density at radius 3 is 2.26 bits per heavy atom. The van der Waals surface area contributed by atoms with Crippen LogP contribution < -0.4 is 16.0 Å². The largest absolute Gasteiger partial charge is 0.342 e. The Labute approximate surface area is 278 Å². The van der Waals surface area contributed by atoms with Crippen LogP contribution in [-0.2, 0) is 16.1 Å². The lowest BCUT2D eigenvalue weighted by molar-refractivity contribution is -0.140. The fourth-order valence-electron chi connectivity index (χ4n) is 7.61. The molecule has 0 spiro atoms. The Bertz CT molecular complexity index is 1460. The highest BCUT2D eigenvalue weighted by Gasteiger charge is 2.36. The van der Waals surface area contributed by atoms with Gasteiger partial charge in [0.05, 0.1) is 6.42 Å². The fraction of sp³-hybridized carbons (Fsp3) is 0.556. The number of carbonyl (C=O) groups excluding carboxylic acids is 4. The molecule has 47 heavy (non-hydrogen) atoms. The minimum atomic E-state index is -0.971. The van der Waals surface area contributed by atoms with E-state index in [1.54, 1.807) is 4.90 Å². The van der Waals surface area contributed by atoms with Gasteiger partial charge in [-0.05, 0) is 94.3 Å². The molecule has 3 saturated heterocycles. The van der Waals surface area contributed by atoms with Crippen molar-refractivity contribution in [2.45, 2.75) is 89.9 Å². The van der Waals surface area contributed by atoms with E-state index in [4.69, 9.17) is 0 Å². The van der Waals surface area contributed by atoms with E-state index in [1.165, 1.54) is 19.3 Å². The number of para-hydroxylation sites is 1. The minimum Gasteiger partial charge on any atom is -0.342 e. The summed E-state index contributed by atoms with van der Waals surface area (Å²) in [6.07, 6.45) is 6.78.